The van der Waals surface area contributed by atoms with E-state index in [-0.39, 0.29) is 19.8 Å². The Kier molecular flexibility index (Phi) is 14.4. The lowest BCUT2D eigenvalue weighted by molar-refractivity contribution is 0.384. The van der Waals surface area contributed by atoms with Gasteiger partial charge in [-0.05, 0) is 97.5 Å². The van der Waals surface area contributed by atoms with Crippen molar-refractivity contribution in [1.82, 2.24) is 18.6 Å². The Bertz CT molecular complexity index is 2770. The first-order valence-electron chi connectivity index (χ1n) is 19.9. The third-order valence-electron chi connectivity index (χ3n) is 11.2. The molecule has 0 radical (unpaired) electrons. The molecule has 328 valence electrons. The summed E-state index contributed by atoms with van der Waals surface area (Å²) in [5.74, 6) is -1.27. The maximum atomic E-state index is 13.4. The van der Waals surface area contributed by atoms with E-state index in [4.69, 9.17) is 33.2 Å². The number of piperazine rings is 2. The standard InChI is InChI=1S/2C22H23ClFN3O2S2/c1-15-4-3-5-17(16(15)2)12-18-14-30-22(25-18)26-8-10-27(11-9-26)31(28,29)19-6-7-21(24)20(23)13-19;1-15-4-3-5-16(2)19(15)12-17-14-30-22(25-17)26-8-10-27(11-9-26)31(28,29)18-6-7-21(24)20(23)13-18/h2*3-7,13-14H,8-12H2,1-2H3. The van der Waals surface area contributed by atoms with E-state index in [0.29, 0.717) is 52.4 Å². The van der Waals surface area contributed by atoms with Crippen molar-refractivity contribution in [1.29, 1.82) is 0 Å². The molecule has 0 unspecified atom stereocenters. The second-order valence-electron chi connectivity index (χ2n) is 15.3. The lowest BCUT2D eigenvalue weighted by Gasteiger charge is -2.33. The smallest absolute Gasteiger partial charge is 0.243 e. The zero-order valence-corrected chi connectivity index (χ0v) is 39.4. The summed E-state index contributed by atoms with van der Waals surface area (Å²) in [5.41, 5.74) is 9.69. The largest absolute Gasteiger partial charge is 0.345 e. The number of hydrogen-bond acceptors (Lipinski definition) is 10. The van der Waals surface area contributed by atoms with Gasteiger partial charge in [0.15, 0.2) is 10.3 Å². The minimum absolute atomic E-state index is 0.0115. The number of nitrogens with zero attached hydrogens (tertiary/aromatic N) is 6. The van der Waals surface area contributed by atoms with Crippen LogP contribution in [0.15, 0.2) is 93.3 Å². The molecule has 10 nitrogen and oxygen atoms in total. The number of rotatable bonds is 10. The molecule has 0 bridgehead atoms. The first-order chi connectivity index (χ1) is 29.5. The van der Waals surface area contributed by atoms with Crippen LogP contribution in [-0.4, -0.2) is 87.8 Å². The van der Waals surface area contributed by atoms with E-state index >= 15 is 0 Å². The monoisotopic (exact) mass is 958 g/mol. The molecule has 0 N–H and O–H groups in total. The van der Waals surface area contributed by atoms with Crippen LogP contribution in [0.3, 0.4) is 0 Å². The second kappa shape index (κ2) is 19.4. The van der Waals surface area contributed by atoms with Gasteiger partial charge in [0.2, 0.25) is 20.0 Å². The summed E-state index contributed by atoms with van der Waals surface area (Å²) >= 11 is 14.7. The Morgan fingerprint density at radius 2 is 1.00 bits per heavy atom. The van der Waals surface area contributed by atoms with Crippen LogP contribution in [0, 0.1) is 39.3 Å². The Balaban J connectivity index is 0.000000186. The number of anilines is 2. The van der Waals surface area contributed by atoms with Crippen molar-refractivity contribution >= 4 is 76.2 Å². The topological polar surface area (TPSA) is 107 Å². The minimum atomic E-state index is -3.71. The predicted octanol–water partition coefficient (Wildman–Crippen LogP) is 9.31. The Labute approximate surface area is 380 Å². The molecule has 2 fully saturated rings. The number of benzene rings is 4. The lowest BCUT2D eigenvalue weighted by atomic mass is 9.99. The molecular formula is C44H46Cl2F2N6O4S4. The number of thiazole rings is 2. The van der Waals surface area contributed by atoms with Gasteiger partial charge in [0.1, 0.15) is 11.6 Å². The summed E-state index contributed by atoms with van der Waals surface area (Å²) in [7, 11) is -7.43. The third kappa shape index (κ3) is 10.3. The van der Waals surface area contributed by atoms with Crippen LogP contribution in [0.1, 0.15) is 44.8 Å². The molecule has 6 aromatic rings. The van der Waals surface area contributed by atoms with Gasteiger partial charge in [-0.3, -0.25) is 0 Å². The fourth-order valence-corrected chi connectivity index (χ4v) is 12.5. The maximum absolute atomic E-state index is 13.4. The number of aryl methyl sites for hydroxylation is 3. The van der Waals surface area contributed by atoms with E-state index in [1.54, 1.807) is 22.7 Å². The van der Waals surface area contributed by atoms with Crippen molar-refractivity contribution in [3.8, 4) is 0 Å². The van der Waals surface area contributed by atoms with Crippen LogP contribution in [0.5, 0.6) is 0 Å². The lowest BCUT2D eigenvalue weighted by Crippen LogP contribution is -2.48. The fourth-order valence-electron chi connectivity index (χ4n) is 7.37. The molecule has 2 saturated heterocycles. The van der Waals surface area contributed by atoms with Gasteiger partial charge in [0, 0.05) is 76.0 Å². The Hall–Kier alpha value is -4.00. The van der Waals surface area contributed by atoms with Crippen molar-refractivity contribution in [2.24, 2.45) is 0 Å². The highest BCUT2D eigenvalue weighted by atomic mass is 35.5. The van der Waals surface area contributed by atoms with Crippen LogP contribution in [0.2, 0.25) is 10.0 Å². The molecule has 62 heavy (non-hydrogen) atoms. The van der Waals surface area contributed by atoms with Crippen LogP contribution >= 0.6 is 45.9 Å². The number of halogens is 4. The summed E-state index contributed by atoms with van der Waals surface area (Å²) < 4.78 is 81.1. The van der Waals surface area contributed by atoms with E-state index < -0.39 is 31.7 Å². The summed E-state index contributed by atoms with van der Waals surface area (Å²) in [4.78, 5) is 13.8. The first kappa shape index (κ1) is 46.0. The van der Waals surface area contributed by atoms with E-state index in [1.807, 2.05) is 0 Å². The van der Waals surface area contributed by atoms with Gasteiger partial charge in [-0.2, -0.15) is 8.61 Å². The van der Waals surface area contributed by atoms with Gasteiger partial charge < -0.3 is 9.80 Å². The van der Waals surface area contributed by atoms with Crippen molar-refractivity contribution in [3.63, 3.8) is 0 Å². The molecular weight excluding hydrogens is 914 g/mol. The maximum Gasteiger partial charge on any atom is 0.243 e. The van der Waals surface area contributed by atoms with Crippen LogP contribution in [0.4, 0.5) is 19.0 Å². The molecule has 18 heteroatoms. The van der Waals surface area contributed by atoms with Crippen LogP contribution in [-0.2, 0) is 32.9 Å². The average Bonchev–Trinajstić information content (AvgIpc) is 3.93. The highest BCUT2D eigenvalue weighted by Gasteiger charge is 2.31. The minimum Gasteiger partial charge on any atom is -0.345 e. The molecule has 0 amide bonds. The summed E-state index contributed by atoms with van der Waals surface area (Å²) in [6.45, 7) is 12.0. The first-order valence-corrected chi connectivity index (χ1v) is 25.3. The molecule has 0 saturated carbocycles. The Morgan fingerprint density at radius 3 is 1.45 bits per heavy atom. The zero-order valence-electron chi connectivity index (χ0n) is 34.6. The fraction of sp³-hybridized carbons (Fsp3) is 0.318. The van der Waals surface area contributed by atoms with E-state index in [1.165, 1.54) is 66.3 Å². The summed E-state index contributed by atoms with van der Waals surface area (Å²) in [5, 5.41) is 5.56. The molecule has 2 aliphatic rings. The van der Waals surface area contributed by atoms with E-state index in [9.17, 15) is 25.6 Å². The van der Waals surface area contributed by atoms with Gasteiger partial charge >= 0.3 is 0 Å². The molecule has 2 aliphatic heterocycles. The van der Waals surface area contributed by atoms with Crippen molar-refractivity contribution in [2.45, 2.75) is 50.3 Å². The highest BCUT2D eigenvalue weighted by Crippen LogP contribution is 2.30. The molecule has 0 spiro atoms. The average molecular weight is 960 g/mol. The molecule has 0 atom stereocenters. The third-order valence-corrected chi connectivity index (χ3v) is 17.5. The van der Waals surface area contributed by atoms with Gasteiger partial charge in [-0.15, -0.1) is 22.7 Å². The van der Waals surface area contributed by atoms with Crippen LogP contribution < -0.4 is 9.80 Å². The van der Waals surface area contributed by atoms with Crippen LogP contribution in [0.25, 0.3) is 0 Å². The van der Waals surface area contributed by atoms with Crippen molar-refractivity contribution in [2.75, 3.05) is 62.2 Å². The molecule has 4 aromatic carbocycles. The molecule has 8 rings (SSSR count). The van der Waals surface area contributed by atoms with Gasteiger partial charge in [-0.25, -0.2) is 35.6 Å². The number of sulfonamides is 2. The Morgan fingerprint density at radius 1 is 0.581 bits per heavy atom. The second-order valence-corrected chi connectivity index (χ2v) is 21.6. The quantitative estimate of drug-likeness (QED) is 0.134. The van der Waals surface area contributed by atoms with Gasteiger partial charge in [-0.1, -0.05) is 59.6 Å². The van der Waals surface area contributed by atoms with E-state index in [2.05, 4.69) is 84.7 Å². The van der Waals surface area contributed by atoms with Gasteiger partial charge in [0.25, 0.3) is 0 Å². The van der Waals surface area contributed by atoms with Crippen molar-refractivity contribution in [3.05, 3.63) is 150 Å². The van der Waals surface area contributed by atoms with Crippen molar-refractivity contribution < 1.29 is 25.6 Å². The summed E-state index contributed by atoms with van der Waals surface area (Å²) in [6, 6.07) is 19.6. The zero-order chi connectivity index (χ0) is 44.3. The predicted molar refractivity (Wildman–Crippen MR) is 246 cm³/mol. The van der Waals surface area contributed by atoms with E-state index in [0.717, 1.165) is 46.6 Å². The SMILES string of the molecule is Cc1cccc(C)c1Cc1csc(N2CCN(S(=O)(=O)c3ccc(F)c(Cl)c3)CC2)n1.Cc1cccc(Cc2csc(N3CCN(S(=O)(=O)c4ccc(F)c(Cl)c4)CC3)n2)c1C. The summed E-state index contributed by atoms with van der Waals surface area (Å²) in [6.07, 6.45) is 1.57. The highest BCUT2D eigenvalue weighted by molar-refractivity contribution is 7.89. The van der Waals surface area contributed by atoms with Gasteiger partial charge in [0.05, 0.1) is 31.2 Å². The molecule has 4 heterocycles. The number of hydrogen-bond donors (Lipinski definition) is 0. The normalized spacial score (nSPS) is 15.4. The number of aromatic nitrogens is 2. The molecule has 0 aliphatic carbocycles. The molecule has 2 aromatic heterocycles.